The van der Waals surface area contributed by atoms with Crippen LogP contribution in [0.4, 0.5) is 0 Å². The Labute approximate surface area is 109 Å². The molecule has 0 radical (unpaired) electrons. The quantitative estimate of drug-likeness (QED) is 0.805. The maximum absolute atomic E-state index is 11.7. The number of nitrogens with one attached hydrogen (secondary N) is 1. The van der Waals surface area contributed by atoms with Crippen molar-refractivity contribution in [3.8, 4) is 0 Å². The first kappa shape index (κ1) is 13.3. The van der Waals surface area contributed by atoms with Crippen LogP contribution in [0.2, 0.25) is 0 Å². The molecule has 102 valence electrons. The predicted molar refractivity (Wildman–Crippen MR) is 63.2 cm³/mol. The van der Waals surface area contributed by atoms with Gasteiger partial charge in [0.25, 0.3) is 5.91 Å². The summed E-state index contributed by atoms with van der Waals surface area (Å²) in [4.78, 5) is 11.7. The highest BCUT2D eigenvalue weighted by Gasteiger charge is 2.15. The number of aliphatic hydroxyl groups excluding tert-OH is 1. The largest absolute Gasteiger partial charge is 0.467 e. The molecule has 19 heavy (non-hydrogen) atoms. The summed E-state index contributed by atoms with van der Waals surface area (Å²) in [6.45, 7) is 0.272. The fourth-order valence-corrected chi connectivity index (χ4v) is 1.49. The average molecular weight is 266 g/mol. The average Bonchev–Trinajstić information content (AvgIpc) is 3.06. The third kappa shape index (κ3) is 3.43. The van der Waals surface area contributed by atoms with Gasteiger partial charge in [0.15, 0.2) is 11.5 Å². The second kappa shape index (κ2) is 6.17. The van der Waals surface area contributed by atoms with Gasteiger partial charge >= 0.3 is 0 Å². The van der Waals surface area contributed by atoms with Gasteiger partial charge in [0.1, 0.15) is 18.5 Å². The van der Waals surface area contributed by atoms with E-state index in [0.29, 0.717) is 11.5 Å². The van der Waals surface area contributed by atoms with E-state index in [2.05, 4.69) is 10.5 Å². The van der Waals surface area contributed by atoms with Crippen molar-refractivity contribution in [1.29, 1.82) is 0 Å². The Morgan fingerprint density at radius 2 is 2.47 bits per heavy atom. The molecule has 1 unspecified atom stereocenters. The number of aliphatic hydroxyl groups is 1. The summed E-state index contributed by atoms with van der Waals surface area (Å²) >= 11 is 0. The van der Waals surface area contributed by atoms with Crippen molar-refractivity contribution < 1.29 is 23.6 Å². The van der Waals surface area contributed by atoms with E-state index in [1.807, 2.05) is 0 Å². The zero-order chi connectivity index (χ0) is 13.7. The standard InChI is InChI=1S/C12H14N2O5/c1-17-7-8-5-9(14-19-8)12(16)13-6-10(15)11-3-2-4-18-11/h2-5,10,15H,6-7H2,1H3,(H,13,16). The molecule has 2 aromatic rings. The molecule has 0 saturated heterocycles. The highest BCUT2D eigenvalue weighted by Crippen LogP contribution is 2.12. The second-order valence-corrected chi connectivity index (χ2v) is 3.85. The second-order valence-electron chi connectivity index (χ2n) is 3.85. The molecule has 2 rings (SSSR count). The van der Waals surface area contributed by atoms with E-state index in [-0.39, 0.29) is 18.8 Å². The summed E-state index contributed by atoms with van der Waals surface area (Å²) in [7, 11) is 1.52. The molecular weight excluding hydrogens is 252 g/mol. The van der Waals surface area contributed by atoms with Crippen LogP contribution in [0.25, 0.3) is 0 Å². The summed E-state index contributed by atoms with van der Waals surface area (Å²) in [6, 6.07) is 4.77. The summed E-state index contributed by atoms with van der Waals surface area (Å²) in [5.41, 5.74) is 0.138. The molecule has 0 aliphatic carbocycles. The first-order valence-corrected chi connectivity index (χ1v) is 5.65. The number of rotatable bonds is 6. The fourth-order valence-electron chi connectivity index (χ4n) is 1.49. The highest BCUT2D eigenvalue weighted by molar-refractivity contribution is 5.92. The van der Waals surface area contributed by atoms with Crippen molar-refractivity contribution >= 4 is 5.91 Å². The van der Waals surface area contributed by atoms with E-state index in [1.54, 1.807) is 12.1 Å². The maximum Gasteiger partial charge on any atom is 0.273 e. The van der Waals surface area contributed by atoms with Gasteiger partial charge < -0.3 is 24.1 Å². The Bertz CT molecular complexity index is 520. The van der Waals surface area contributed by atoms with E-state index >= 15 is 0 Å². The number of furan rings is 1. The molecule has 0 aromatic carbocycles. The zero-order valence-electron chi connectivity index (χ0n) is 10.3. The number of aromatic nitrogens is 1. The summed E-state index contributed by atoms with van der Waals surface area (Å²) < 4.78 is 14.8. The number of ether oxygens (including phenoxy) is 1. The van der Waals surface area contributed by atoms with E-state index in [4.69, 9.17) is 13.7 Å². The fraction of sp³-hybridized carbons (Fsp3) is 0.333. The number of nitrogens with zero attached hydrogens (tertiary/aromatic N) is 1. The SMILES string of the molecule is COCc1cc(C(=O)NCC(O)c2ccco2)no1. The normalized spacial score (nSPS) is 12.3. The molecule has 0 spiro atoms. The number of hydrogen-bond donors (Lipinski definition) is 2. The van der Waals surface area contributed by atoms with Crippen LogP contribution < -0.4 is 5.32 Å². The molecule has 0 saturated carbocycles. The van der Waals surface area contributed by atoms with Crippen LogP contribution in [-0.4, -0.2) is 29.8 Å². The number of carbonyl (C=O) groups is 1. The summed E-state index contributed by atoms with van der Waals surface area (Å²) in [6.07, 6.45) is 0.555. The van der Waals surface area contributed by atoms with Crippen LogP contribution in [-0.2, 0) is 11.3 Å². The van der Waals surface area contributed by atoms with E-state index < -0.39 is 12.0 Å². The van der Waals surface area contributed by atoms with Gasteiger partial charge in [0.2, 0.25) is 0 Å². The molecule has 2 N–H and O–H groups in total. The zero-order valence-corrected chi connectivity index (χ0v) is 10.3. The lowest BCUT2D eigenvalue weighted by Crippen LogP contribution is -2.28. The Morgan fingerprint density at radius 3 is 3.16 bits per heavy atom. The Hall–Kier alpha value is -2.12. The van der Waals surface area contributed by atoms with Gasteiger partial charge in [-0.05, 0) is 12.1 Å². The molecule has 2 heterocycles. The molecule has 2 aromatic heterocycles. The van der Waals surface area contributed by atoms with Crippen LogP contribution >= 0.6 is 0 Å². The van der Waals surface area contributed by atoms with E-state index in [0.717, 1.165) is 0 Å². The molecule has 1 atom stereocenters. The Kier molecular flexibility index (Phi) is 4.32. The number of carbonyl (C=O) groups excluding carboxylic acids is 1. The van der Waals surface area contributed by atoms with Gasteiger partial charge in [-0.25, -0.2) is 0 Å². The molecular formula is C12H14N2O5. The number of methoxy groups -OCH3 is 1. The van der Waals surface area contributed by atoms with Gasteiger partial charge in [0.05, 0.1) is 12.8 Å². The molecule has 7 nitrogen and oxygen atoms in total. The van der Waals surface area contributed by atoms with Crippen molar-refractivity contribution in [2.45, 2.75) is 12.7 Å². The van der Waals surface area contributed by atoms with Crippen molar-refractivity contribution in [2.24, 2.45) is 0 Å². The predicted octanol–water partition coefficient (Wildman–Crippen LogP) is 0.877. The molecule has 0 bridgehead atoms. The lowest BCUT2D eigenvalue weighted by Gasteiger charge is -2.07. The van der Waals surface area contributed by atoms with Gasteiger partial charge in [-0.1, -0.05) is 5.16 Å². The van der Waals surface area contributed by atoms with Crippen molar-refractivity contribution in [2.75, 3.05) is 13.7 Å². The first-order chi connectivity index (χ1) is 9.20. The molecule has 0 aliphatic heterocycles. The van der Waals surface area contributed by atoms with Crippen LogP contribution in [0.15, 0.2) is 33.4 Å². The van der Waals surface area contributed by atoms with Gasteiger partial charge in [-0.15, -0.1) is 0 Å². The van der Waals surface area contributed by atoms with Gasteiger partial charge in [-0.2, -0.15) is 0 Å². The lowest BCUT2D eigenvalue weighted by molar-refractivity contribution is 0.0891. The van der Waals surface area contributed by atoms with Gasteiger partial charge in [0, 0.05) is 13.2 Å². The third-order valence-corrected chi connectivity index (χ3v) is 2.41. The van der Waals surface area contributed by atoms with Crippen LogP contribution in [0.3, 0.4) is 0 Å². The molecule has 1 amide bonds. The summed E-state index contributed by atoms with van der Waals surface area (Å²) in [5.74, 6) is 0.413. The van der Waals surface area contributed by atoms with Crippen molar-refractivity contribution in [3.63, 3.8) is 0 Å². The minimum absolute atomic E-state index is 0.0266. The van der Waals surface area contributed by atoms with Gasteiger partial charge in [-0.3, -0.25) is 4.79 Å². The number of amides is 1. The Balaban J connectivity index is 1.86. The number of hydrogen-bond acceptors (Lipinski definition) is 6. The third-order valence-electron chi connectivity index (χ3n) is 2.41. The van der Waals surface area contributed by atoms with Crippen molar-refractivity contribution in [3.05, 3.63) is 41.7 Å². The Morgan fingerprint density at radius 1 is 1.63 bits per heavy atom. The lowest BCUT2D eigenvalue weighted by atomic mass is 10.2. The highest BCUT2D eigenvalue weighted by atomic mass is 16.5. The molecule has 0 aliphatic rings. The topological polar surface area (TPSA) is 97.7 Å². The molecule has 7 heteroatoms. The minimum Gasteiger partial charge on any atom is -0.467 e. The minimum atomic E-state index is -0.899. The van der Waals surface area contributed by atoms with Crippen LogP contribution in [0.5, 0.6) is 0 Å². The summed E-state index contributed by atoms with van der Waals surface area (Å²) in [5, 5.41) is 15.9. The van der Waals surface area contributed by atoms with E-state index in [9.17, 15) is 9.90 Å². The monoisotopic (exact) mass is 266 g/mol. The van der Waals surface area contributed by atoms with Crippen molar-refractivity contribution in [1.82, 2.24) is 10.5 Å². The van der Waals surface area contributed by atoms with Crippen LogP contribution in [0.1, 0.15) is 28.1 Å². The smallest absolute Gasteiger partial charge is 0.273 e. The van der Waals surface area contributed by atoms with E-state index in [1.165, 1.54) is 19.4 Å². The molecule has 0 fully saturated rings. The van der Waals surface area contributed by atoms with Crippen LogP contribution in [0, 0.1) is 0 Å². The first-order valence-electron chi connectivity index (χ1n) is 5.65. The maximum atomic E-state index is 11.7.